The summed E-state index contributed by atoms with van der Waals surface area (Å²) in [5, 5.41) is 12.2. The Hall–Kier alpha value is -1.36. The van der Waals surface area contributed by atoms with E-state index in [2.05, 4.69) is 5.32 Å². The maximum atomic E-state index is 10.8. The summed E-state index contributed by atoms with van der Waals surface area (Å²) in [6.45, 7) is 1.53. The molecule has 0 unspecified atom stereocenters. The molecule has 0 fully saturated rings. The molecule has 1 aromatic heterocycles. The molecule has 0 atom stereocenters. The zero-order valence-corrected chi connectivity index (χ0v) is 12.5. The van der Waals surface area contributed by atoms with Gasteiger partial charge in [-0.25, -0.2) is 0 Å². The monoisotopic (exact) mass is 309 g/mol. The van der Waals surface area contributed by atoms with Crippen molar-refractivity contribution in [3.8, 4) is 0 Å². The molecule has 0 aliphatic heterocycles. The van der Waals surface area contributed by atoms with Crippen molar-refractivity contribution < 1.29 is 9.90 Å². The van der Waals surface area contributed by atoms with Crippen LogP contribution in [0.15, 0.2) is 36.4 Å². The van der Waals surface area contributed by atoms with Crippen LogP contribution in [0.3, 0.4) is 0 Å². The minimum atomic E-state index is -0.800. The summed E-state index contributed by atoms with van der Waals surface area (Å²) in [6, 6.07) is 11.6. The molecule has 3 nitrogen and oxygen atoms in total. The van der Waals surface area contributed by atoms with Crippen molar-refractivity contribution in [2.24, 2.45) is 0 Å². The van der Waals surface area contributed by atoms with Crippen molar-refractivity contribution in [1.29, 1.82) is 0 Å². The van der Waals surface area contributed by atoms with Gasteiger partial charge < -0.3 is 10.4 Å². The fourth-order valence-corrected chi connectivity index (χ4v) is 3.07. The van der Waals surface area contributed by atoms with E-state index in [9.17, 15) is 4.79 Å². The predicted octanol–water partition coefficient (Wildman–Crippen LogP) is 3.36. The number of carbonyl (C=O) groups is 1. The highest BCUT2D eigenvalue weighted by molar-refractivity contribution is 7.16. The van der Waals surface area contributed by atoms with Gasteiger partial charge in [0.25, 0.3) is 0 Å². The molecule has 0 radical (unpaired) electrons. The van der Waals surface area contributed by atoms with Crippen molar-refractivity contribution in [1.82, 2.24) is 5.32 Å². The quantitative estimate of drug-likeness (QED) is 0.771. The number of aliphatic carboxylic acids is 1. The van der Waals surface area contributed by atoms with Gasteiger partial charge in [0.2, 0.25) is 0 Å². The second kappa shape index (κ2) is 7.43. The first-order chi connectivity index (χ1) is 9.65. The standard InChI is InChI=1S/C15H16ClNO2S/c16-14-6-5-13(20-14)7-8-17-10-12-4-2-1-3-11(12)9-15(18)19/h1-6,17H,7-10H2,(H,18,19). The molecule has 0 aliphatic carbocycles. The van der Waals surface area contributed by atoms with Crippen LogP contribution in [0.2, 0.25) is 4.34 Å². The Morgan fingerprint density at radius 3 is 2.60 bits per heavy atom. The van der Waals surface area contributed by atoms with Crippen LogP contribution in [0.4, 0.5) is 0 Å². The zero-order valence-electron chi connectivity index (χ0n) is 10.9. The maximum absolute atomic E-state index is 10.8. The Bertz CT molecular complexity index is 583. The van der Waals surface area contributed by atoms with Gasteiger partial charge in [-0.3, -0.25) is 4.79 Å². The van der Waals surface area contributed by atoms with Crippen molar-refractivity contribution in [2.75, 3.05) is 6.54 Å². The van der Waals surface area contributed by atoms with Crippen LogP contribution >= 0.6 is 22.9 Å². The number of hydrogen-bond donors (Lipinski definition) is 2. The lowest BCUT2D eigenvalue weighted by atomic mass is 10.0. The largest absolute Gasteiger partial charge is 0.481 e. The molecule has 1 aromatic carbocycles. The fourth-order valence-electron chi connectivity index (χ4n) is 1.99. The molecule has 2 rings (SSSR count). The van der Waals surface area contributed by atoms with E-state index < -0.39 is 5.97 Å². The summed E-state index contributed by atoms with van der Waals surface area (Å²) in [4.78, 5) is 12.1. The van der Waals surface area contributed by atoms with Crippen molar-refractivity contribution in [3.63, 3.8) is 0 Å². The van der Waals surface area contributed by atoms with Gasteiger partial charge in [-0.2, -0.15) is 0 Å². The lowest BCUT2D eigenvalue weighted by Crippen LogP contribution is -2.18. The summed E-state index contributed by atoms with van der Waals surface area (Å²) in [6.07, 6.45) is 0.997. The van der Waals surface area contributed by atoms with Crippen LogP contribution in [-0.4, -0.2) is 17.6 Å². The Labute approximate surface area is 127 Å². The molecule has 2 N–H and O–H groups in total. The zero-order chi connectivity index (χ0) is 14.4. The van der Waals surface area contributed by atoms with Crippen LogP contribution in [0.25, 0.3) is 0 Å². The van der Waals surface area contributed by atoms with E-state index in [1.807, 2.05) is 36.4 Å². The average molecular weight is 310 g/mol. The first-order valence-corrected chi connectivity index (χ1v) is 7.58. The third-order valence-corrected chi connectivity index (χ3v) is 4.24. The second-order valence-electron chi connectivity index (χ2n) is 4.47. The third-order valence-electron chi connectivity index (χ3n) is 2.95. The smallest absolute Gasteiger partial charge is 0.307 e. The molecular weight excluding hydrogens is 294 g/mol. The summed E-state index contributed by atoms with van der Waals surface area (Å²) in [7, 11) is 0. The molecule has 106 valence electrons. The lowest BCUT2D eigenvalue weighted by Gasteiger charge is -2.08. The lowest BCUT2D eigenvalue weighted by molar-refractivity contribution is -0.136. The molecule has 0 saturated carbocycles. The van der Waals surface area contributed by atoms with Gasteiger partial charge in [-0.1, -0.05) is 35.9 Å². The minimum Gasteiger partial charge on any atom is -0.481 e. The number of benzene rings is 1. The third kappa shape index (κ3) is 4.63. The SMILES string of the molecule is O=C(O)Cc1ccccc1CNCCc1ccc(Cl)s1. The van der Waals surface area contributed by atoms with Crippen LogP contribution in [0.1, 0.15) is 16.0 Å². The number of thiophene rings is 1. The number of halogens is 1. The maximum Gasteiger partial charge on any atom is 0.307 e. The van der Waals surface area contributed by atoms with E-state index in [4.69, 9.17) is 16.7 Å². The van der Waals surface area contributed by atoms with Gasteiger partial charge in [0.15, 0.2) is 0 Å². The van der Waals surface area contributed by atoms with Crippen molar-refractivity contribution >= 4 is 28.9 Å². The van der Waals surface area contributed by atoms with Crippen molar-refractivity contribution in [2.45, 2.75) is 19.4 Å². The van der Waals surface area contributed by atoms with Crippen LogP contribution in [0.5, 0.6) is 0 Å². The van der Waals surface area contributed by atoms with Gasteiger partial charge >= 0.3 is 5.97 Å². The van der Waals surface area contributed by atoms with E-state index in [-0.39, 0.29) is 6.42 Å². The number of carboxylic acids is 1. The molecule has 0 aliphatic rings. The second-order valence-corrected chi connectivity index (χ2v) is 6.27. The van der Waals surface area contributed by atoms with Gasteiger partial charge in [0.05, 0.1) is 10.8 Å². The topological polar surface area (TPSA) is 49.3 Å². The highest BCUT2D eigenvalue weighted by atomic mass is 35.5. The molecule has 0 amide bonds. The number of rotatable bonds is 7. The van der Waals surface area contributed by atoms with Crippen LogP contribution < -0.4 is 5.32 Å². The van der Waals surface area contributed by atoms with Gasteiger partial charge in [-0.15, -0.1) is 11.3 Å². The Morgan fingerprint density at radius 1 is 1.20 bits per heavy atom. The summed E-state index contributed by atoms with van der Waals surface area (Å²) >= 11 is 7.47. The Kier molecular flexibility index (Phi) is 5.59. The minimum absolute atomic E-state index is 0.0678. The molecular formula is C15H16ClNO2S. The van der Waals surface area contributed by atoms with E-state index >= 15 is 0 Å². The normalized spacial score (nSPS) is 10.7. The molecule has 0 saturated heterocycles. The molecule has 5 heteroatoms. The van der Waals surface area contributed by atoms with E-state index in [0.717, 1.165) is 28.4 Å². The first-order valence-electron chi connectivity index (χ1n) is 6.38. The van der Waals surface area contributed by atoms with Gasteiger partial charge in [0, 0.05) is 18.0 Å². The number of nitrogens with one attached hydrogen (secondary N) is 1. The van der Waals surface area contributed by atoms with E-state index in [1.165, 1.54) is 4.88 Å². The Balaban J connectivity index is 1.83. The molecule has 1 heterocycles. The number of carboxylic acid groups (broad SMARTS) is 1. The van der Waals surface area contributed by atoms with Crippen molar-refractivity contribution in [3.05, 3.63) is 56.7 Å². The fraction of sp³-hybridized carbons (Fsp3) is 0.267. The van der Waals surface area contributed by atoms with E-state index in [0.29, 0.717) is 6.54 Å². The first kappa shape index (κ1) is 15.0. The Morgan fingerprint density at radius 2 is 1.95 bits per heavy atom. The summed E-state index contributed by atoms with van der Waals surface area (Å²) < 4.78 is 0.812. The molecule has 0 spiro atoms. The molecule has 2 aromatic rings. The molecule has 20 heavy (non-hydrogen) atoms. The highest BCUT2D eigenvalue weighted by Gasteiger charge is 2.05. The van der Waals surface area contributed by atoms with Gasteiger partial charge in [-0.05, 0) is 29.7 Å². The summed E-state index contributed by atoms with van der Waals surface area (Å²) in [5.41, 5.74) is 1.91. The molecule has 0 bridgehead atoms. The number of hydrogen-bond acceptors (Lipinski definition) is 3. The predicted molar refractivity (Wildman–Crippen MR) is 82.5 cm³/mol. The van der Waals surface area contributed by atoms with Crippen LogP contribution in [0, 0.1) is 0 Å². The van der Waals surface area contributed by atoms with Crippen LogP contribution in [-0.2, 0) is 24.2 Å². The van der Waals surface area contributed by atoms with Gasteiger partial charge in [0.1, 0.15) is 0 Å². The average Bonchev–Trinajstić information content (AvgIpc) is 2.81. The highest BCUT2D eigenvalue weighted by Crippen LogP contribution is 2.21. The van der Waals surface area contributed by atoms with E-state index in [1.54, 1.807) is 11.3 Å². The summed E-state index contributed by atoms with van der Waals surface area (Å²) in [5.74, 6) is -0.800.